The van der Waals surface area contributed by atoms with Crippen molar-refractivity contribution < 1.29 is 4.79 Å². The lowest BCUT2D eigenvalue weighted by Gasteiger charge is -2.23. The van der Waals surface area contributed by atoms with Crippen LogP contribution in [-0.4, -0.2) is 43.4 Å². The van der Waals surface area contributed by atoms with Crippen LogP contribution < -0.4 is 5.32 Å². The van der Waals surface area contributed by atoms with E-state index in [1.807, 2.05) is 0 Å². The number of ketones is 1. The first kappa shape index (κ1) is 12.6. The van der Waals surface area contributed by atoms with Crippen molar-refractivity contribution in [2.24, 2.45) is 17.8 Å². The zero-order valence-corrected chi connectivity index (χ0v) is 11.4. The minimum Gasteiger partial charge on any atom is -0.315 e. The number of nitrogens with one attached hydrogen (secondary N) is 1. The lowest BCUT2D eigenvalue weighted by Crippen LogP contribution is -2.34. The predicted octanol–water partition coefficient (Wildman–Crippen LogP) is 1.68. The van der Waals surface area contributed by atoms with Gasteiger partial charge in [-0.2, -0.15) is 0 Å². The minimum absolute atomic E-state index is 0.495. The molecular formula is C15H26N2O. The highest BCUT2D eigenvalue weighted by Crippen LogP contribution is 2.49. The van der Waals surface area contributed by atoms with Crippen molar-refractivity contribution in [3.05, 3.63) is 0 Å². The summed E-state index contributed by atoms with van der Waals surface area (Å²) in [7, 11) is 0. The van der Waals surface area contributed by atoms with Crippen LogP contribution in [0.4, 0.5) is 0 Å². The van der Waals surface area contributed by atoms with E-state index in [0.29, 0.717) is 12.3 Å². The predicted molar refractivity (Wildman–Crippen MR) is 72.5 cm³/mol. The second-order valence-electron chi connectivity index (χ2n) is 6.56. The average Bonchev–Trinajstić information content (AvgIpc) is 2.86. The zero-order valence-electron chi connectivity index (χ0n) is 11.4. The molecule has 1 saturated heterocycles. The summed E-state index contributed by atoms with van der Waals surface area (Å²) in [6.07, 6.45) is 7.65. The van der Waals surface area contributed by atoms with E-state index in [9.17, 15) is 4.79 Å². The second-order valence-corrected chi connectivity index (χ2v) is 6.56. The van der Waals surface area contributed by atoms with E-state index >= 15 is 0 Å². The van der Waals surface area contributed by atoms with E-state index < -0.39 is 0 Å². The minimum atomic E-state index is 0.495. The van der Waals surface area contributed by atoms with E-state index in [1.54, 1.807) is 0 Å². The Balaban J connectivity index is 1.44. The summed E-state index contributed by atoms with van der Waals surface area (Å²) < 4.78 is 0. The van der Waals surface area contributed by atoms with Crippen LogP contribution in [-0.2, 0) is 4.79 Å². The molecule has 102 valence electrons. The van der Waals surface area contributed by atoms with Gasteiger partial charge in [0.1, 0.15) is 5.78 Å². The van der Waals surface area contributed by atoms with Crippen molar-refractivity contribution >= 4 is 5.78 Å². The Morgan fingerprint density at radius 2 is 2.11 bits per heavy atom. The summed E-state index contributed by atoms with van der Waals surface area (Å²) in [4.78, 5) is 14.5. The van der Waals surface area contributed by atoms with Crippen LogP contribution in [0.25, 0.3) is 0 Å². The summed E-state index contributed by atoms with van der Waals surface area (Å²) in [5.74, 6) is 3.09. The smallest absolute Gasteiger partial charge is 0.147 e. The van der Waals surface area contributed by atoms with Gasteiger partial charge in [-0.25, -0.2) is 0 Å². The van der Waals surface area contributed by atoms with Gasteiger partial charge in [0.2, 0.25) is 0 Å². The van der Waals surface area contributed by atoms with Crippen molar-refractivity contribution in [3.63, 3.8) is 0 Å². The third-order valence-corrected chi connectivity index (χ3v) is 5.21. The third kappa shape index (κ3) is 2.94. The monoisotopic (exact) mass is 250 g/mol. The first-order valence-electron chi connectivity index (χ1n) is 7.76. The van der Waals surface area contributed by atoms with E-state index in [-0.39, 0.29) is 0 Å². The summed E-state index contributed by atoms with van der Waals surface area (Å²) >= 11 is 0. The lowest BCUT2D eigenvalue weighted by atomic mass is 9.85. The van der Waals surface area contributed by atoms with Crippen LogP contribution in [0.3, 0.4) is 0 Å². The molecule has 18 heavy (non-hydrogen) atoms. The second kappa shape index (κ2) is 5.70. The van der Waals surface area contributed by atoms with Gasteiger partial charge in [0.15, 0.2) is 0 Å². The van der Waals surface area contributed by atoms with Gasteiger partial charge in [-0.1, -0.05) is 6.42 Å². The van der Waals surface area contributed by atoms with Crippen molar-refractivity contribution in [1.29, 1.82) is 0 Å². The van der Waals surface area contributed by atoms with Gasteiger partial charge in [-0.05, 0) is 56.5 Å². The van der Waals surface area contributed by atoms with Crippen molar-refractivity contribution in [2.45, 2.75) is 38.5 Å². The molecule has 0 aromatic heterocycles. The Hall–Kier alpha value is -0.410. The van der Waals surface area contributed by atoms with Gasteiger partial charge < -0.3 is 5.32 Å². The zero-order chi connectivity index (χ0) is 12.4. The number of nitrogens with zero attached hydrogens (tertiary/aromatic N) is 1. The quantitative estimate of drug-likeness (QED) is 0.824. The van der Waals surface area contributed by atoms with Gasteiger partial charge >= 0.3 is 0 Å². The summed E-state index contributed by atoms with van der Waals surface area (Å²) in [6, 6.07) is 0. The maximum Gasteiger partial charge on any atom is 0.147 e. The molecule has 3 rings (SSSR count). The Kier molecular flexibility index (Phi) is 4.00. The van der Waals surface area contributed by atoms with E-state index in [0.717, 1.165) is 50.4 Å². The van der Waals surface area contributed by atoms with Gasteiger partial charge in [0.25, 0.3) is 0 Å². The molecule has 2 aliphatic carbocycles. The van der Waals surface area contributed by atoms with Crippen LogP contribution in [0.1, 0.15) is 38.5 Å². The fourth-order valence-corrected chi connectivity index (χ4v) is 4.29. The van der Waals surface area contributed by atoms with Gasteiger partial charge in [0, 0.05) is 19.5 Å². The first-order valence-corrected chi connectivity index (χ1v) is 7.76. The fourth-order valence-electron chi connectivity index (χ4n) is 4.29. The molecule has 0 spiro atoms. The van der Waals surface area contributed by atoms with E-state index in [4.69, 9.17) is 0 Å². The fraction of sp³-hybridized carbons (Fsp3) is 0.933. The molecule has 0 radical (unpaired) electrons. The molecule has 3 atom stereocenters. The first-order chi connectivity index (χ1) is 8.81. The number of fused-ring (bicyclic) bond motifs is 2. The number of carbonyl (C=O) groups excluding carboxylic acids is 1. The number of carbonyl (C=O) groups is 1. The molecule has 3 fully saturated rings. The Morgan fingerprint density at radius 3 is 2.89 bits per heavy atom. The summed E-state index contributed by atoms with van der Waals surface area (Å²) in [5, 5.41) is 3.39. The van der Waals surface area contributed by atoms with Crippen molar-refractivity contribution in [1.82, 2.24) is 10.2 Å². The molecule has 3 aliphatic rings. The maximum atomic E-state index is 12.2. The Labute approximate surface area is 110 Å². The number of rotatable bonds is 4. The molecule has 2 bridgehead atoms. The largest absolute Gasteiger partial charge is 0.315 e. The Bertz CT molecular complexity index is 297. The summed E-state index contributed by atoms with van der Waals surface area (Å²) in [5.41, 5.74) is 0. The van der Waals surface area contributed by atoms with Crippen LogP contribution in [0, 0.1) is 17.8 Å². The number of Topliss-reactive ketones (excluding diaryl/α,β-unsaturated/α-hetero) is 1. The maximum absolute atomic E-state index is 12.2. The number of hydrogen-bond donors (Lipinski definition) is 1. The molecule has 3 heteroatoms. The van der Waals surface area contributed by atoms with Crippen molar-refractivity contribution in [3.8, 4) is 0 Å². The number of hydrogen-bond acceptors (Lipinski definition) is 3. The molecule has 0 amide bonds. The third-order valence-electron chi connectivity index (χ3n) is 5.21. The molecule has 2 saturated carbocycles. The highest BCUT2D eigenvalue weighted by atomic mass is 16.1. The topological polar surface area (TPSA) is 32.3 Å². The van der Waals surface area contributed by atoms with Crippen molar-refractivity contribution in [2.75, 3.05) is 32.7 Å². The van der Waals surface area contributed by atoms with E-state index in [1.165, 1.54) is 32.1 Å². The molecule has 1 N–H and O–H groups in total. The molecule has 3 nitrogen and oxygen atoms in total. The van der Waals surface area contributed by atoms with Crippen LogP contribution in [0.2, 0.25) is 0 Å². The molecule has 1 aliphatic heterocycles. The normalized spacial score (nSPS) is 36.8. The van der Waals surface area contributed by atoms with Crippen LogP contribution in [0.5, 0.6) is 0 Å². The van der Waals surface area contributed by atoms with Gasteiger partial charge in [0.05, 0.1) is 6.54 Å². The highest BCUT2D eigenvalue weighted by Gasteiger charge is 2.40. The highest BCUT2D eigenvalue weighted by molar-refractivity contribution is 5.80. The van der Waals surface area contributed by atoms with Crippen LogP contribution >= 0.6 is 0 Å². The van der Waals surface area contributed by atoms with E-state index in [2.05, 4.69) is 10.2 Å². The molecule has 3 unspecified atom stereocenters. The lowest BCUT2D eigenvalue weighted by molar-refractivity contribution is -0.121. The van der Waals surface area contributed by atoms with Crippen LogP contribution in [0.15, 0.2) is 0 Å². The van der Waals surface area contributed by atoms with Gasteiger partial charge in [-0.15, -0.1) is 0 Å². The molecule has 0 aromatic carbocycles. The summed E-state index contributed by atoms with van der Waals surface area (Å²) in [6.45, 7) is 4.99. The average molecular weight is 250 g/mol. The standard InChI is InChI=1S/C15H26N2O/c18-15(11-17-6-1-4-16-5-7-17)10-14-9-12-2-3-13(14)8-12/h12-14,16H,1-11H2. The van der Waals surface area contributed by atoms with Gasteiger partial charge in [-0.3, -0.25) is 9.69 Å². The SMILES string of the molecule is O=C(CC1CC2CCC1C2)CN1CCCNCC1. The molecular weight excluding hydrogens is 224 g/mol. The molecule has 1 heterocycles. The molecule has 0 aromatic rings. The Morgan fingerprint density at radius 1 is 1.17 bits per heavy atom.